The quantitative estimate of drug-likeness (QED) is 0.842. The van der Waals surface area contributed by atoms with Crippen molar-refractivity contribution in [1.29, 1.82) is 0 Å². The first-order valence-electron chi connectivity index (χ1n) is 7.60. The minimum atomic E-state index is -3.32. The number of fused-ring (bicyclic) bond motifs is 1. The summed E-state index contributed by atoms with van der Waals surface area (Å²) in [4.78, 5) is 14.5. The fourth-order valence-corrected chi connectivity index (χ4v) is 3.72. The van der Waals surface area contributed by atoms with E-state index in [0.29, 0.717) is 17.8 Å². The van der Waals surface area contributed by atoms with E-state index >= 15 is 0 Å². The summed E-state index contributed by atoms with van der Waals surface area (Å²) in [5.74, 6) is -0.0747. The van der Waals surface area contributed by atoms with Crippen LogP contribution in [-0.2, 0) is 16.4 Å². The third-order valence-corrected chi connectivity index (χ3v) is 5.77. The number of benzene rings is 2. The van der Waals surface area contributed by atoms with Crippen molar-refractivity contribution in [2.24, 2.45) is 0 Å². The number of hydrogen-bond acceptors (Lipinski definition) is 3. The number of nitrogens with zero attached hydrogens (tertiary/aromatic N) is 1. The molecule has 0 fully saturated rings. The third kappa shape index (κ3) is 3.47. The van der Waals surface area contributed by atoms with Crippen LogP contribution in [0.1, 0.15) is 22.8 Å². The summed E-state index contributed by atoms with van der Waals surface area (Å²) in [7, 11) is -3.32. The van der Waals surface area contributed by atoms with Gasteiger partial charge in [0.05, 0.1) is 5.75 Å². The van der Waals surface area contributed by atoms with Gasteiger partial charge in [0.1, 0.15) is 0 Å². The Morgan fingerprint density at radius 3 is 2.58 bits per heavy atom. The lowest BCUT2D eigenvalue weighted by Crippen LogP contribution is -2.28. The van der Waals surface area contributed by atoms with Crippen LogP contribution in [0.15, 0.2) is 46.9 Å². The zero-order valence-corrected chi connectivity index (χ0v) is 15.5. The molecule has 0 aliphatic carbocycles. The van der Waals surface area contributed by atoms with E-state index < -0.39 is 10.0 Å². The molecule has 0 aromatic heterocycles. The van der Waals surface area contributed by atoms with E-state index in [2.05, 4.69) is 20.7 Å². The van der Waals surface area contributed by atoms with E-state index in [1.807, 2.05) is 18.2 Å². The lowest BCUT2D eigenvalue weighted by molar-refractivity contribution is 0.0989. The van der Waals surface area contributed by atoms with Crippen LogP contribution in [0.2, 0.25) is 0 Å². The van der Waals surface area contributed by atoms with Gasteiger partial charge in [-0.25, -0.2) is 8.42 Å². The van der Waals surface area contributed by atoms with Crippen molar-refractivity contribution in [2.75, 3.05) is 21.9 Å². The molecule has 1 N–H and O–H groups in total. The van der Waals surface area contributed by atoms with Gasteiger partial charge in [-0.1, -0.05) is 15.9 Å². The molecular weight excluding hydrogens is 392 g/mol. The number of sulfonamides is 1. The molecule has 24 heavy (non-hydrogen) atoms. The molecule has 2 aromatic rings. The number of nitrogens with one attached hydrogen (secondary N) is 1. The van der Waals surface area contributed by atoms with Crippen molar-refractivity contribution >= 4 is 43.2 Å². The van der Waals surface area contributed by atoms with Crippen LogP contribution in [0.5, 0.6) is 0 Å². The molecule has 0 atom stereocenters. The van der Waals surface area contributed by atoms with Gasteiger partial charge in [-0.05, 0) is 61.4 Å². The number of amides is 1. The number of rotatable bonds is 4. The van der Waals surface area contributed by atoms with Crippen LogP contribution in [0, 0.1) is 0 Å². The Bertz CT molecular complexity index is 879. The normalized spacial score (nSPS) is 13.7. The topological polar surface area (TPSA) is 66.5 Å². The van der Waals surface area contributed by atoms with Gasteiger partial charge >= 0.3 is 0 Å². The Balaban J connectivity index is 1.80. The minimum Gasteiger partial charge on any atom is -0.308 e. The van der Waals surface area contributed by atoms with Gasteiger partial charge in [-0.15, -0.1) is 0 Å². The van der Waals surface area contributed by atoms with Crippen molar-refractivity contribution in [3.8, 4) is 0 Å². The Kier molecular flexibility index (Phi) is 4.64. The van der Waals surface area contributed by atoms with E-state index in [0.717, 1.165) is 22.1 Å². The highest BCUT2D eigenvalue weighted by atomic mass is 79.9. The maximum atomic E-state index is 12.7. The molecule has 7 heteroatoms. The van der Waals surface area contributed by atoms with Crippen LogP contribution < -0.4 is 9.62 Å². The molecule has 0 spiro atoms. The fraction of sp³-hybridized carbons (Fsp3) is 0.235. The van der Waals surface area contributed by atoms with E-state index in [4.69, 9.17) is 0 Å². The second-order valence-electron chi connectivity index (χ2n) is 5.56. The number of carbonyl (C=O) groups excluding carboxylic acids is 1. The summed E-state index contributed by atoms with van der Waals surface area (Å²) in [6, 6.07) is 12.4. The Labute approximate surface area is 149 Å². The summed E-state index contributed by atoms with van der Waals surface area (Å²) in [5.41, 5.74) is 3.06. The van der Waals surface area contributed by atoms with E-state index in [1.165, 1.54) is 0 Å². The average molecular weight is 409 g/mol. The summed E-state index contributed by atoms with van der Waals surface area (Å²) in [5, 5.41) is 0. The number of halogens is 1. The highest BCUT2D eigenvalue weighted by Crippen LogP contribution is 2.31. The highest BCUT2D eigenvalue weighted by molar-refractivity contribution is 9.10. The fourth-order valence-electron chi connectivity index (χ4n) is 2.67. The SMILES string of the molecule is CCS(=O)(=O)Nc1ccc(C(=O)N2CCc3cc(Br)ccc32)cc1. The van der Waals surface area contributed by atoms with Gasteiger partial charge in [0.15, 0.2) is 0 Å². The first-order valence-corrected chi connectivity index (χ1v) is 10.0. The van der Waals surface area contributed by atoms with Gasteiger partial charge < -0.3 is 4.90 Å². The van der Waals surface area contributed by atoms with Crippen molar-refractivity contribution < 1.29 is 13.2 Å². The second kappa shape index (κ2) is 6.57. The summed E-state index contributed by atoms with van der Waals surface area (Å²) in [6.45, 7) is 2.22. The number of anilines is 2. The molecule has 0 saturated carbocycles. The lowest BCUT2D eigenvalue weighted by Gasteiger charge is -2.17. The molecule has 2 aromatic carbocycles. The zero-order valence-electron chi connectivity index (χ0n) is 13.1. The van der Waals surface area contributed by atoms with Gasteiger partial charge in [0.2, 0.25) is 10.0 Å². The zero-order chi connectivity index (χ0) is 17.3. The molecule has 1 aliphatic heterocycles. The number of hydrogen-bond donors (Lipinski definition) is 1. The Hall–Kier alpha value is -1.86. The van der Waals surface area contributed by atoms with Crippen molar-refractivity contribution in [2.45, 2.75) is 13.3 Å². The van der Waals surface area contributed by atoms with Gasteiger partial charge in [0.25, 0.3) is 5.91 Å². The monoisotopic (exact) mass is 408 g/mol. The van der Waals surface area contributed by atoms with Crippen molar-refractivity contribution in [3.63, 3.8) is 0 Å². The molecule has 0 radical (unpaired) electrons. The smallest absolute Gasteiger partial charge is 0.258 e. The predicted octanol–water partition coefficient (Wildman–Crippen LogP) is 3.41. The molecular formula is C17H17BrN2O3S. The van der Waals surface area contributed by atoms with E-state index in [1.54, 1.807) is 36.1 Å². The highest BCUT2D eigenvalue weighted by Gasteiger charge is 2.25. The van der Waals surface area contributed by atoms with Gasteiger partial charge in [-0.3, -0.25) is 9.52 Å². The van der Waals surface area contributed by atoms with E-state index in [-0.39, 0.29) is 11.7 Å². The van der Waals surface area contributed by atoms with Crippen LogP contribution in [0.25, 0.3) is 0 Å². The third-order valence-electron chi connectivity index (χ3n) is 3.97. The standard InChI is InChI=1S/C17H17BrN2O3S/c1-2-24(22,23)19-15-6-3-12(4-7-15)17(21)20-10-9-13-11-14(18)5-8-16(13)20/h3-8,11,19H,2,9-10H2,1H3. The van der Waals surface area contributed by atoms with Gasteiger partial charge in [0, 0.05) is 28.0 Å². The summed E-state index contributed by atoms with van der Waals surface area (Å²) in [6.07, 6.45) is 0.828. The maximum Gasteiger partial charge on any atom is 0.258 e. The molecule has 0 unspecified atom stereocenters. The maximum absolute atomic E-state index is 12.7. The largest absolute Gasteiger partial charge is 0.308 e. The van der Waals surface area contributed by atoms with Gasteiger partial charge in [-0.2, -0.15) is 0 Å². The average Bonchev–Trinajstić information content (AvgIpc) is 2.97. The molecule has 126 valence electrons. The van der Waals surface area contributed by atoms with Crippen LogP contribution in [-0.4, -0.2) is 26.6 Å². The minimum absolute atomic E-state index is 0.00774. The molecule has 0 bridgehead atoms. The first kappa shape index (κ1) is 17.0. The van der Waals surface area contributed by atoms with E-state index in [9.17, 15) is 13.2 Å². The van der Waals surface area contributed by atoms with Crippen LogP contribution in [0.4, 0.5) is 11.4 Å². The second-order valence-corrected chi connectivity index (χ2v) is 8.49. The molecule has 1 amide bonds. The molecule has 1 heterocycles. The molecule has 3 rings (SSSR count). The molecule has 5 nitrogen and oxygen atoms in total. The predicted molar refractivity (Wildman–Crippen MR) is 99.0 cm³/mol. The number of carbonyl (C=O) groups is 1. The molecule has 1 aliphatic rings. The van der Waals surface area contributed by atoms with Crippen molar-refractivity contribution in [3.05, 3.63) is 58.1 Å². The van der Waals surface area contributed by atoms with Crippen LogP contribution >= 0.6 is 15.9 Å². The van der Waals surface area contributed by atoms with Crippen molar-refractivity contribution in [1.82, 2.24) is 0 Å². The summed E-state index contributed by atoms with van der Waals surface area (Å²) < 4.78 is 26.6. The lowest BCUT2D eigenvalue weighted by atomic mass is 10.1. The Morgan fingerprint density at radius 2 is 1.92 bits per heavy atom. The van der Waals surface area contributed by atoms with Crippen LogP contribution in [0.3, 0.4) is 0 Å². The summed E-state index contributed by atoms with van der Waals surface area (Å²) >= 11 is 3.45. The molecule has 0 saturated heterocycles. The Morgan fingerprint density at radius 1 is 1.21 bits per heavy atom. The first-order chi connectivity index (χ1) is 11.4.